The third-order valence-electron chi connectivity index (χ3n) is 4.56. The van der Waals surface area contributed by atoms with E-state index in [1.54, 1.807) is 0 Å². The van der Waals surface area contributed by atoms with Gasteiger partial charge < -0.3 is 20.3 Å². The molecule has 0 spiro atoms. The van der Waals surface area contributed by atoms with Crippen LogP contribution < -0.4 is 15.5 Å². The molecule has 1 aromatic heterocycles. The molecule has 0 saturated carbocycles. The molecule has 0 radical (unpaired) electrons. The smallest absolute Gasteiger partial charge is 0.231 e. The van der Waals surface area contributed by atoms with Crippen LogP contribution in [0.3, 0.4) is 0 Å². The van der Waals surface area contributed by atoms with Gasteiger partial charge in [-0.25, -0.2) is 4.98 Å². The van der Waals surface area contributed by atoms with Crippen molar-refractivity contribution in [3.63, 3.8) is 0 Å². The van der Waals surface area contributed by atoms with Gasteiger partial charge in [0.25, 0.3) is 0 Å². The summed E-state index contributed by atoms with van der Waals surface area (Å²) in [5.74, 6) is 1.57. The first-order valence-corrected chi connectivity index (χ1v) is 9.57. The van der Waals surface area contributed by atoms with Gasteiger partial charge in [-0.3, -0.25) is 4.90 Å². The zero-order chi connectivity index (χ0) is 17.5. The summed E-state index contributed by atoms with van der Waals surface area (Å²) in [7, 11) is 0. The molecule has 0 atom stereocenters. The molecule has 2 fully saturated rings. The van der Waals surface area contributed by atoms with Gasteiger partial charge in [-0.15, -0.1) is 0 Å². The van der Waals surface area contributed by atoms with Crippen molar-refractivity contribution in [2.24, 2.45) is 0 Å². The minimum Gasteiger partial charge on any atom is -0.379 e. The lowest BCUT2D eigenvalue weighted by Gasteiger charge is -2.28. The van der Waals surface area contributed by atoms with Gasteiger partial charge in [0.2, 0.25) is 5.95 Å². The predicted octanol–water partition coefficient (Wildman–Crippen LogP) is 1.39. The molecule has 0 bridgehead atoms. The van der Waals surface area contributed by atoms with Crippen molar-refractivity contribution in [2.45, 2.75) is 26.2 Å². The number of anilines is 2. The molecule has 138 valence electrons. The van der Waals surface area contributed by atoms with Crippen molar-refractivity contribution in [1.82, 2.24) is 20.2 Å². The van der Waals surface area contributed by atoms with E-state index in [0.29, 0.717) is 11.1 Å². The fourth-order valence-corrected chi connectivity index (χ4v) is 3.38. The molecule has 3 heterocycles. The first-order valence-electron chi connectivity index (χ1n) is 9.16. The number of piperidine rings is 1. The largest absolute Gasteiger partial charge is 0.379 e. The highest BCUT2D eigenvalue weighted by Gasteiger charge is 2.14. The number of rotatable bonds is 5. The second-order valence-corrected chi connectivity index (χ2v) is 6.98. The van der Waals surface area contributed by atoms with Crippen molar-refractivity contribution in [3.8, 4) is 0 Å². The molecule has 25 heavy (non-hydrogen) atoms. The van der Waals surface area contributed by atoms with E-state index in [2.05, 4.69) is 30.4 Å². The van der Waals surface area contributed by atoms with Gasteiger partial charge in [0.05, 0.1) is 13.2 Å². The molecule has 2 N–H and O–H groups in total. The standard InChI is InChI=1S/C17H28N6OS/c1-14-13-15(23-6-3-2-4-7-23)20-16(19-14)21-17(25)18-5-8-22-9-11-24-12-10-22/h13H,2-12H2,1H3,(H2,18,19,20,21,25). The molecule has 0 aromatic carbocycles. The van der Waals surface area contributed by atoms with Crippen molar-refractivity contribution >= 4 is 29.1 Å². The Balaban J connectivity index is 1.49. The summed E-state index contributed by atoms with van der Waals surface area (Å²) in [6.45, 7) is 9.50. The van der Waals surface area contributed by atoms with Crippen LogP contribution in [-0.4, -0.2) is 72.5 Å². The van der Waals surface area contributed by atoms with Gasteiger partial charge in [0.1, 0.15) is 5.82 Å². The minimum atomic E-state index is 0.573. The van der Waals surface area contributed by atoms with Gasteiger partial charge in [0, 0.05) is 51.0 Å². The number of ether oxygens (including phenoxy) is 1. The van der Waals surface area contributed by atoms with Crippen molar-refractivity contribution in [2.75, 3.05) is 62.7 Å². The Kier molecular flexibility index (Phi) is 6.77. The predicted molar refractivity (Wildman–Crippen MR) is 104 cm³/mol. The van der Waals surface area contributed by atoms with Crippen molar-refractivity contribution in [3.05, 3.63) is 11.8 Å². The van der Waals surface area contributed by atoms with Gasteiger partial charge in [-0.2, -0.15) is 4.98 Å². The number of nitrogens with one attached hydrogen (secondary N) is 2. The van der Waals surface area contributed by atoms with Crippen LogP contribution in [0, 0.1) is 6.92 Å². The summed E-state index contributed by atoms with van der Waals surface area (Å²) in [6, 6.07) is 2.05. The van der Waals surface area contributed by atoms with E-state index >= 15 is 0 Å². The Bertz CT molecular complexity index is 572. The fraction of sp³-hybridized carbons (Fsp3) is 0.706. The van der Waals surface area contributed by atoms with Gasteiger partial charge in [-0.05, 0) is 38.4 Å². The lowest BCUT2D eigenvalue weighted by Crippen LogP contribution is -2.42. The number of morpholine rings is 1. The second-order valence-electron chi connectivity index (χ2n) is 6.57. The first-order chi connectivity index (χ1) is 12.2. The molecule has 0 amide bonds. The number of aryl methyl sites for hydroxylation is 1. The van der Waals surface area contributed by atoms with Crippen LogP contribution in [0.25, 0.3) is 0 Å². The summed E-state index contributed by atoms with van der Waals surface area (Å²) in [5.41, 5.74) is 0.953. The lowest BCUT2D eigenvalue weighted by atomic mass is 10.1. The lowest BCUT2D eigenvalue weighted by molar-refractivity contribution is 0.0389. The van der Waals surface area contributed by atoms with Crippen LogP contribution >= 0.6 is 12.2 Å². The zero-order valence-electron chi connectivity index (χ0n) is 15.0. The molecule has 7 nitrogen and oxygen atoms in total. The average Bonchev–Trinajstić information content (AvgIpc) is 2.63. The molecule has 0 unspecified atom stereocenters. The molecule has 2 aliphatic heterocycles. The van der Waals surface area contributed by atoms with E-state index in [4.69, 9.17) is 17.0 Å². The van der Waals surface area contributed by atoms with E-state index in [-0.39, 0.29) is 0 Å². The Morgan fingerprint density at radius 3 is 2.68 bits per heavy atom. The molecule has 8 heteroatoms. The molecule has 3 rings (SSSR count). The zero-order valence-corrected chi connectivity index (χ0v) is 15.8. The maximum absolute atomic E-state index is 5.39. The number of thiocarbonyl (C=S) groups is 1. The average molecular weight is 365 g/mol. The van der Waals surface area contributed by atoms with Crippen LogP contribution in [0.2, 0.25) is 0 Å². The Labute approximate surface area is 155 Å². The molecule has 2 aliphatic rings. The van der Waals surface area contributed by atoms with Crippen LogP contribution in [0.15, 0.2) is 6.07 Å². The van der Waals surface area contributed by atoms with E-state index in [9.17, 15) is 0 Å². The molecular formula is C17H28N6OS. The third-order valence-corrected chi connectivity index (χ3v) is 4.81. The fourth-order valence-electron chi connectivity index (χ4n) is 3.19. The molecule has 2 saturated heterocycles. The SMILES string of the molecule is Cc1cc(N2CCCCC2)nc(NC(=S)NCCN2CCOCC2)n1. The normalized spacial score (nSPS) is 18.8. The topological polar surface area (TPSA) is 65.6 Å². The summed E-state index contributed by atoms with van der Waals surface area (Å²) < 4.78 is 5.36. The molecular weight excluding hydrogens is 336 g/mol. The van der Waals surface area contributed by atoms with Gasteiger partial charge >= 0.3 is 0 Å². The van der Waals surface area contributed by atoms with Crippen LogP contribution in [0.4, 0.5) is 11.8 Å². The van der Waals surface area contributed by atoms with Crippen LogP contribution in [-0.2, 0) is 4.74 Å². The van der Waals surface area contributed by atoms with E-state index < -0.39 is 0 Å². The van der Waals surface area contributed by atoms with Crippen LogP contribution in [0.5, 0.6) is 0 Å². The van der Waals surface area contributed by atoms with Crippen molar-refractivity contribution < 1.29 is 4.74 Å². The Morgan fingerprint density at radius 1 is 1.16 bits per heavy atom. The van der Waals surface area contributed by atoms with Crippen LogP contribution in [0.1, 0.15) is 25.0 Å². The summed E-state index contributed by atoms with van der Waals surface area (Å²) >= 11 is 5.39. The first kappa shape index (κ1) is 18.3. The highest BCUT2D eigenvalue weighted by atomic mass is 32.1. The third kappa shape index (κ3) is 5.76. The number of hydrogen-bond donors (Lipinski definition) is 2. The minimum absolute atomic E-state index is 0.573. The highest BCUT2D eigenvalue weighted by Crippen LogP contribution is 2.19. The maximum Gasteiger partial charge on any atom is 0.231 e. The maximum atomic E-state index is 5.39. The second kappa shape index (κ2) is 9.26. The van der Waals surface area contributed by atoms with E-state index in [1.165, 1.54) is 19.3 Å². The van der Waals surface area contributed by atoms with Gasteiger partial charge in [0.15, 0.2) is 5.11 Å². The Hall–Kier alpha value is -1.51. The number of nitrogens with zero attached hydrogens (tertiary/aromatic N) is 4. The van der Waals surface area contributed by atoms with Gasteiger partial charge in [-0.1, -0.05) is 0 Å². The van der Waals surface area contributed by atoms with Crippen molar-refractivity contribution in [1.29, 1.82) is 0 Å². The number of aromatic nitrogens is 2. The summed E-state index contributed by atoms with van der Waals surface area (Å²) in [6.07, 6.45) is 3.77. The highest BCUT2D eigenvalue weighted by molar-refractivity contribution is 7.80. The quantitative estimate of drug-likeness (QED) is 0.760. The molecule has 1 aromatic rings. The number of hydrogen-bond acceptors (Lipinski definition) is 6. The monoisotopic (exact) mass is 364 g/mol. The molecule has 0 aliphatic carbocycles. The van der Waals surface area contributed by atoms with E-state index in [0.717, 1.165) is 64.0 Å². The van der Waals surface area contributed by atoms with E-state index in [1.807, 2.05) is 13.0 Å². The Morgan fingerprint density at radius 2 is 1.92 bits per heavy atom. The summed E-state index contributed by atoms with van der Waals surface area (Å²) in [4.78, 5) is 13.8. The summed E-state index contributed by atoms with van der Waals surface area (Å²) in [5, 5.41) is 6.94.